The third kappa shape index (κ3) is 3.99. The molecule has 0 aliphatic heterocycles. The lowest BCUT2D eigenvalue weighted by atomic mass is 10.1. The first-order chi connectivity index (χ1) is 6.68. The molecule has 0 unspecified atom stereocenters. The minimum atomic E-state index is 0.251. The fraction of sp³-hybridized carbons (Fsp3) is 0.333. The molecule has 0 fully saturated rings. The zero-order valence-corrected chi connectivity index (χ0v) is 8.49. The number of allylic oxidation sites excluding steroid dienone is 1. The second-order valence-corrected chi connectivity index (χ2v) is 3.53. The Morgan fingerprint density at radius 1 is 1.50 bits per heavy atom. The summed E-state index contributed by atoms with van der Waals surface area (Å²) in [4.78, 5) is 15.4. The third-order valence-electron chi connectivity index (χ3n) is 1.95. The Balaban J connectivity index is 2.38. The maximum atomic E-state index is 11.4. The minimum Gasteiger partial charge on any atom is -0.299 e. The average Bonchev–Trinajstić information content (AvgIpc) is 2.16. The first-order valence-corrected chi connectivity index (χ1v) is 4.73. The molecule has 0 atom stereocenters. The van der Waals surface area contributed by atoms with E-state index < -0.39 is 0 Å². The van der Waals surface area contributed by atoms with Gasteiger partial charge in [-0.2, -0.15) is 0 Å². The molecule has 74 valence electrons. The van der Waals surface area contributed by atoms with Gasteiger partial charge in [0.1, 0.15) is 5.78 Å². The molecule has 0 saturated heterocycles. The fourth-order valence-corrected chi connectivity index (χ4v) is 1.17. The number of aromatic nitrogens is 1. The highest BCUT2D eigenvalue weighted by molar-refractivity contribution is 5.80. The molecule has 0 bridgehead atoms. The van der Waals surface area contributed by atoms with Crippen molar-refractivity contribution in [2.75, 3.05) is 0 Å². The number of Topliss-reactive ketones (excluding diaryl/α,β-unsaturated/α-hetero) is 1. The molecule has 0 radical (unpaired) electrons. The maximum absolute atomic E-state index is 11.4. The monoisotopic (exact) mass is 189 g/mol. The van der Waals surface area contributed by atoms with Gasteiger partial charge in [0.15, 0.2) is 0 Å². The number of carbonyl (C=O) groups is 1. The Morgan fingerprint density at radius 2 is 2.29 bits per heavy atom. The smallest absolute Gasteiger partial charge is 0.137 e. The molecule has 14 heavy (non-hydrogen) atoms. The summed E-state index contributed by atoms with van der Waals surface area (Å²) in [6, 6.07) is 3.77. The summed E-state index contributed by atoms with van der Waals surface area (Å²) >= 11 is 0. The van der Waals surface area contributed by atoms with Crippen molar-refractivity contribution in [3.05, 3.63) is 42.2 Å². The molecule has 0 N–H and O–H groups in total. The molecule has 0 aliphatic rings. The summed E-state index contributed by atoms with van der Waals surface area (Å²) in [5.41, 5.74) is 2.05. The van der Waals surface area contributed by atoms with E-state index in [2.05, 4.69) is 11.6 Å². The van der Waals surface area contributed by atoms with E-state index in [1.165, 1.54) is 0 Å². The molecular formula is C12H15NO. The van der Waals surface area contributed by atoms with E-state index >= 15 is 0 Å². The summed E-state index contributed by atoms with van der Waals surface area (Å²) in [5.74, 6) is 0.251. The molecule has 0 aliphatic carbocycles. The molecule has 0 amide bonds. The topological polar surface area (TPSA) is 30.0 Å². The average molecular weight is 189 g/mol. The molecule has 1 heterocycles. The van der Waals surface area contributed by atoms with Crippen LogP contribution in [-0.4, -0.2) is 10.8 Å². The highest BCUT2D eigenvalue weighted by Gasteiger charge is 2.03. The van der Waals surface area contributed by atoms with Gasteiger partial charge in [-0.25, -0.2) is 0 Å². The van der Waals surface area contributed by atoms with Crippen LogP contribution < -0.4 is 0 Å². The minimum absolute atomic E-state index is 0.251. The van der Waals surface area contributed by atoms with Crippen LogP contribution in [0.15, 0.2) is 36.7 Å². The number of carbonyl (C=O) groups excluding carboxylic acids is 1. The third-order valence-corrected chi connectivity index (χ3v) is 1.95. The van der Waals surface area contributed by atoms with Crippen LogP contribution in [0.4, 0.5) is 0 Å². The Morgan fingerprint density at radius 3 is 2.86 bits per heavy atom. The van der Waals surface area contributed by atoms with Crippen LogP contribution >= 0.6 is 0 Å². The first kappa shape index (κ1) is 10.6. The van der Waals surface area contributed by atoms with Crippen molar-refractivity contribution >= 4 is 5.78 Å². The van der Waals surface area contributed by atoms with Crippen LogP contribution in [0.2, 0.25) is 0 Å². The van der Waals surface area contributed by atoms with Crippen molar-refractivity contribution in [2.24, 2.45) is 0 Å². The Labute approximate surface area is 84.7 Å². The quantitative estimate of drug-likeness (QED) is 0.666. The van der Waals surface area contributed by atoms with Gasteiger partial charge in [-0.05, 0) is 25.0 Å². The summed E-state index contributed by atoms with van der Waals surface area (Å²) in [5, 5.41) is 0. The van der Waals surface area contributed by atoms with Crippen molar-refractivity contribution in [3.63, 3.8) is 0 Å². The SMILES string of the molecule is C=C(C)CCC(=O)Cc1cccnc1. The number of hydrogen-bond acceptors (Lipinski definition) is 2. The number of pyridine rings is 1. The summed E-state index contributed by atoms with van der Waals surface area (Å²) < 4.78 is 0. The molecule has 1 aromatic heterocycles. The van der Waals surface area contributed by atoms with Gasteiger partial charge in [0.25, 0.3) is 0 Å². The highest BCUT2D eigenvalue weighted by Crippen LogP contribution is 2.05. The second-order valence-electron chi connectivity index (χ2n) is 3.53. The van der Waals surface area contributed by atoms with Crippen LogP contribution in [0.3, 0.4) is 0 Å². The largest absolute Gasteiger partial charge is 0.299 e. The Bertz CT molecular complexity index is 316. The normalized spacial score (nSPS) is 9.79. The van der Waals surface area contributed by atoms with E-state index in [9.17, 15) is 4.79 Å². The molecule has 1 aromatic rings. The molecular weight excluding hydrogens is 174 g/mol. The lowest BCUT2D eigenvalue weighted by molar-refractivity contribution is -0.118. The molecule has 2 nitrogen and oxygen atoms in total. The van der Waals surface area contributed by atoms with E-state index in [1.54, 1.807) is 12.4 Å². The summed E-state index contributed by atoms with van der Waals surface area (Å²) in [6.45, 7) is 5.71. The number of nitrogens with zero attached hydrogens (tertiary/aromatic N) is 1. The van der Waals surface area contributed by atoms with Gasteiger partial charge >= 0.3 is 0 Å². The van der Waals surface area contributed by atoms with Gasteiger partial charge < -0.3 is 0 Å². The number of ketones is 1. The Hall–Kier alpha value is -1.44. The van der Waals surface area contributed by atoms with Crippen molar-refractivity contribution < 1.29 is 4.79 Å². The molecule has 1 rings (SSSR count). The molecule has 0 aromatic carbocycles. The van der Waals surface area contributed by atoms with Gasteiger partial charge in [0, 0.05) is 25.2 Å². The standard InChI is InChI=1S/C12H15NO/c1-10(2)5-6-12(14)8-11-4-3-7-13-9-11/h3-4,7,9H,1,5-6,8H2,2H3. The van der Waals surface area contributed by atoms with Gasteiger partial charge in [-0.3, -0.25) is 9.78 Å². The van der Waals surface area contributed by atoms with E-state index in [0.717, 1.165) is 17.6 Å². The zero-order valence-electron chi connectivity index (χ0n) is 8.49. The fourth-order valence-electron chi connectivity index (χ4n) is 1.17. The predicted octanol–water partition coefficient (Wildman–Crippen LogP) is 2.55. The van der Waals surface area contributed by atoms with Crippen LogP contribution in [0.5, 0.6) is 0 Å². The van der Waals surface area contributed by atoms with Gasteiger partial charge in [0.2, 0.25) is 0 Å². The lowest BCUT2D eigenvalue weighted by Crippen LogP contribution is -2.02. The zero-order chi connectivity index (χ0) is 10.4. The summed E-state index contributed by atoms with van der Waals surface area (Å²) in [6.07, 6.45) is 5.31. The lowest BCUT2D eigenvalue weighted by Gasteiger charge is -2.00. The maximum Gasteiger partial charge on any atom is 0.137 e. The van der Waals surface area contributed by atoms with Gasteiger partial charge in [-0.15, -0.1) is 6.58 Å². The van der Waals surface area contributed by atoms with Crippen LogP contribution in [-0.2, 0) is 11.2 Å². The van der Waals surface area contributed by atoms with E-state index in [-0.39, 0.29) is 5.78 Å². The van der Waals surface area contributed by atoms with Crippen LogP contribution in [0, 0.1) is 0 Å². The van der Waals surface area contributed by atoms with Crippen molar-refractivity contribution in [3.8, 4) is 0 Å². The first-order valence-electron chi connectivity index (χ1n) is 4.73. The van der Waals surface area contributed by atoms with Crippen molar-refractivity contribution in [1.29, 1.82) is 0 Å². The number of rotatable bonds is 5. The molecule has 0 spiro atoms. The second kappa shape index (κ2) is 5.32. The van der Waals surface area contributed by atoms with Crippen molar-refractivity contribution in [1.82, 2.24) is 4.98 Å². The molecule has 0 saturated carbocycles. The van der Waals surface area contributed by atoms with E-state index in [4.69, 9.17) is 0 Å². The van der Waals surface area contributed by atoms with Gasteiger partial charge in [-0.1, -0.05) is 11.6 Å². The van der Waals surface area contributed by atoms with Crippen molar-refractivity contribution in [2.45, 2.75) is 26.2 Å². The summed E-state index contributed by atoms with van der Waals surface area (Å²) in [7, 11) is 0. The predicted molar refractivity (Wildman–Crippen MR) is 57.0 cm³/mol. The van der Waals surface area contributed by atoms with Gasteiger partial charge in [0.05, 0.1) is 0 Å². The van der Waals surface area contributed by atoms with E-state index in [0.29, 0.717) is 12.8 Å². The van der Waals surface area contributed by atoms with E-state index in [1.807, 2.05) is 19.1 Å². The van der Waals surface area contributed by atoms with Crippen LogP contribution in [0.1, 0.15) is 25.3 Å². The highest BCUT2D eigenvalue weighted by atomic mass is 16.1. The van der Waals surface area contributed by atoms with Crippen LogP contribution in [0.25, 0.3) is 0 Å². The molecule has 2 heteroatoms. The Kier molecular flexibility index (Phi) is 4.05. The number of hydrogen-bond donors (Lipinski definition) is 0.